The lowest BCUT2D eigenvalue weighted by Crippen LogP contribution is -2.34. The highest BCUT2D eigenvalue weighted by atomic mass is 32.1. The molecule has 5 rings (SSSR count). The fraction of sp³-hybridized carbons (Fsp3) is 0.138. The fourth-order valence-electron chi connectivity index (χ4n) is 4.30. The van der Waals surface area contributed by atoms with E-state index in [0.29, 0.717) is 13.1 Å². The molecule has 2 aromatic heterocycles. The number of aryl methyl sites for hydroxylation is 1. The summed E-state index contributed by atoms with van der Waals surface area (Å²) < 4.78 is 2.37. The molecule has 4 nitrogen and oxygen atoms in total. The van der Waals surface area contributed by atoms with Gasteiger partial charge in [0.25, 0.3) is 0 Å². The minimum absolute atomic E-state index is 0.169. The molecule has 2 amide bonds. The molecule has 3 aromatic carbocycles. The molecule has 0 saturated carbocycles. The van der Waals surface area contributed by atoms with Gasteiger partial charge in [0.2, 0.25) is 0 Å². The normalized spacial score (nSPS) is 11.0. The second-order valence-corrected chi connectivity index (χ2v) is 9.36. The van der Waals surface area contributed by atoms with Crippen LogP contribution >= 0.6 is 11.3 Å². The van der Waals surface area contributed by atoms with Crippen LogP contribution in [0.1, 0.15) is 22.3 Å². The lowest BCUT2D eigenvalue weighted by atomic mass is 10.1. The Bertz CT molecular complexity index is 1390. The Balaban J connectivity index is 1.43. The van der Waals surface area contributed by atoms with E-state index in [0.717, 1.165) is 17.7 Å². The molecule has 5 aromatic rings. The van der Waals surface area contributed by atoms with Gasteiger partial charge in [-0.25, -0.2) is 4.79 Å². The highest BCUT2D eigenvalue weighted by Gasteiger charge is 2.20. The third-order valence-corrected chi connectivity index (χ3v) is 6.89. The molecule has 2 heterocycles. The smallest absolute Gasteiger partial charge is 0.315 e. The Morgan fingerprint density at radius 1 is 0.794 bits per heavy atom. The quantitative estimate of drug-likeness (QED) is 0.275. The van der Waals surface area contributed by atoms with E-state index in [1.54, 1.807) is 11.3 Å². The maximum absolute atomic E-state index is 12.7. The van der Waals surface area contributed by atoms with Crippen LogP contribution < -0.4 is 10.6 Å². The molecule has 0 fully saturated rings. The molecule has 34 heavy (non-hydrogen) atoms. The number of amides is 2. The van der Waals surface area contributed by atoms with Gasteiger partial charge >= 0.3 is 6.03 Å². The summed E-state index contributed by atoms with van der Waals surface area (Å²) in [6, 6.07) is 31.2. The summed E-state index contributed by atoms with van der Waals surface area (Å²) in [6.45, 7) is 3.78. The van der Waals surface area contributed by atoms with Crippen molar-refractivity contribution >= 4 is 28.3 Å². The van der Waals surface area contributed by atoms with Crippen LogP contribution in [0, 0.1) is 6.92 Å². The van der Waals surface area contributed by atoms with Crippen molar-refractivity contribution in [2.24, 2.45) is 0 Å². The third kappa shape index (κ3) is 4.75. The minimum atomic E-state index is -0.169. The fourth-order valence-corrected chi connectivity index (χ4v) is 5.10. The maximum atomic E-state index is 12.7. The number of fused-ring (bicyclic) bond motifs is 1. The van der Waals surface area contributed by atoms with Gasteiger partial charge in [0.15, 0.2) is 0 Å². The summed E-state index contributed by atoms with van der Waals surface area (Å²) in [5.74, 6) is 0. The first-order valence-corrected chi connectivity index (χ1v) is 12.3. The average molecular weight is 466 g/mol. The predicted molar refractivity (Wildman–Crippen MR) is 141 cm³/mol. The highest BCUT2D eigenvalue weighted by Crippen LogP contribution is 2.36. The number of benzene rings is 3. The van der Waals surface area contributed by atoms with E-state index in [4.69, 9.17) is 0 Å². The van der Waals surface area contributed by atoms with Gasteiger partial charge in [-0.3, -0.25) is 0 Å². The van der Waals surface area contributed by atoms with Gasteiger partial charge in [-0.15, -0.1) is 11.3 Å². The summed E-state index contributed by atoms with van der Waals surface area (Å²) in [4.78, 5) is 13.9. The van der Waals surface area contributed by atoms with Gasteiger partial charge < -0.3 is 15.2 Å². The number of rotatable bonds is 7. The number of carbonyl (C=O) groups is 1. The number of aromatic nitrogens is 1. The van der Waals surface area contributed by atoms with Crippen molar-refractivity contribution in [1.82, 2.24) is 15.2 Å². The van der Waals surface area contributed by atoms with Gasteiger partial charge in [-0.2, -0.15) is 0 Å². The molecular formula is C29H27N3OS. The summed E-state index contributed by atoms with van der Waals surface area (Å²) in [5, 5.41) is 9.35. The summed E-state index contributed by atoms with van der Waals surface area (Å²) >= 11 is 1.72. The number of carbonyl (C=O) groups excluding carboxylic acids is 1. The monoisotopic (exact) mass is 465 g/mol. The zero-order chi connectivity index (χ0) is 23.3. The number of nitrogens with one attached hydrogen (secondary N) is 2. The van der Waals surface area contributed by atoms with Gasteiger partial charge in [-0.1, -0.05) is 84.4 Å². The number of thiophene rings is 1. The SMILES string of the molecule is Cc1ccc(CNC(=O)NCc2c(-c3cccs3)n(Cc3ccccc3)c3ccccc23)cc1. The van der Waals surface area contributed by atoms with Crippen molar-refractivity contribution in [2.75, 3.05) is 0 Å². The van der Waals surface area contributed by atoms with Crippen LogP contribution in [0.25, 0.3) is 21.5 Å². The van der Waals surface area contributed by atoms with E-state index in [2.05, 4.69) is 100 Å². The molecular weight excluding hydrogens is 438 g/mol. The highest BCUT2D eigenvalue weighted by molar-refractivity contribution is 7.13. The van der Waals surface area contributed by atoms with Gasteiger partial charge in [0.05, 0.1) is 10.6 Å². The van der Waals surface area contributed by atoms with Crippen LogP contribution in [0.2, 0.25) is 0 Å². The van der Waals surface area contributed by atoms with Crippen LogP contribution in [-0.4, -0.2) is 10.6 Å². The van der Waals surface area contributed by atoms with Gasteiger partial charge in [0.1, 0.15) is 0 Å². The third-order valence-electron chi connectivity index (χ3n) is 6.01. The second kappa shape index (κ2) is 9.98. The summed E-state index contributed by atoms with van der Waals surface area (Å²) in [5.41, 5.74) is 7.02. The molecule has 170 valence electrons. The topological polar surface area (TPSA) is 46.1 Å². The molecule has 0 saturated heterocycles. The van der Waals surface area contributed by atoms with Crippen LogP contribution in [0.3, 0.4) is 0 Å². The number of nitrogens with zero attached hydrogens (tertiary/aromatic N) is 1. The Morgan fingerprint density at radius 3 is 2.29 bits per heavy atom. The van der Waals surface area contributed by atoms with E-state index in [1.165, 1.54) is 32.6 Å². The molecule has 2 N–H and O–H groups in total. The number of hydrogen-bond donors (Lipinski definition) is 2. The van der Waals surface area contributed by atoms with Crippen molar-refractivity contribution in [3.05, 3.63) is 119 Å². The summed E-state index contributed by atoms with van der Waals surface area (Å²) in [7, 11) is 0. The van der Waals surface area contributed by atoms with Crippen molar-refractivity contribution in [2.45, 2.75) is 26.6 Å². The van der Waals surface area contributed by atoms with Crippen molar-refractivity contribution in [1.29, 1.82) is 0 Å². The Labute approximate surface area is 203 Å². The Kier molecular flexibility index (Phi) is 6.45. The molecule has 0 aliphatic heterocycles. The van der Waals surface area contributed by atoms with E-state index in [-0.39, 0.29) is 6.03 Å². The van der Waals surface area contributed by atoms with E-state index in [1.807, 2.05) is 18.2 Å². The Hall–Kier alpha value is -3.83. The molecule has 0 radical (unpaired) electrons. The number of urea groups is 1. The van der Waals surface area contributed by atoms with Gasteiger partial charge in [0, 0.05) is 36.1 Å². The van der Waals surface area contributed by atoms with Crippen molar-refractivity contribution in [3.8, 4) is 10.6 Å². The average Bonchev–Trinajstić information content (AvgIpc) is 3.50. The molecule has 0 bridgehead atoms. The largest absolute Gasteiger partial charge is 0.335 e. The molecule has 0 aliphatic rings. The first kappa shape index (κ1) is 22.0. The van der Waals surface area contributed by atoms with E-state index < -0.39 is 0 Å². The molecule has 0 atom stereocenters. The summed E-state index contributed by atoms with van der Waals surface area (Å²) in [6.07, 6.45) is 0. The number of hydrogen-bond acceptors (Lipinski definition) is 2. The molecule has 0 aliphatic carbocycles. The second-order valence-electron chi connectivity index (χ2n) is 8.42. The Morgan fingerprint density at radius 2 is 1.53 bits per heavy atom. The van der Waals surface area contributed by atoms with Crippen molar-refractivity contribution in [3.63, 3.8) is 0 Å². The van der Waals surface area contributed by atoms with Crippen LogP contribution in [-0.2, 0) is 19.6 Å². The van der Waals surface area contributed by atoms with Crippen LogP contribution in [0.5, 0.6) is 0 Å². The van der Waals surface area contributed by atoms with Crippen molar-refractivity contribution < 1.29 is 4.79 Å². The maximum Gasteiger partial charge on any atom is 0.315 e. The zero-order valence-corrected chi connectivity index (χ0v) is 19.9. The predicted octanol–water partition coefficient (Wildman–Crippen LogP) is 6.73. The number of para-hydroxylation sites is 1. The molecule has 5 heteroatoms. The van der Waals surface area contributed by atoms with E-state index >= 15 is 0 Å². The first-order chi connectivity index (χ1) is 16.7. The first-order valence-electron chi connectivity index (χ1n) is 11.4. The lowest BCUT2D eigenvalue weighted by molar-refractivity contribution is 0.240. The molecule has 0 spiro atoms. The minimum Gasteiger partial charge on any atom is -0.335 e. The molecule has 0 unspecified atom stereocenters. The van der Waals surface area contributed by atoms with Gasteiger partial charge in [-0.05, 0) is 35.6 Å². The van der Waals surface area contributed by atoms with Crippen LogP contribution in [0.4, 0.5) is 4.79 Å². The van der Waals surface area contributed by atoms with E-state index in [9.17, 15) is 4.79 Å². The zero-order valence-electron chi connectivity index (χ0n) is 19.1. The standard InChI is InChI=1S/C29H27N3OS/c1-21-13-15-22(16-14-21)18-30-29(33)31-19-25-24-10-5-6-11-26(24)32(20-23-8-3-2-4-9-23)28(25)27-12-7-17-34-27/h2-17H,18-20H2,1H3,(H2,30,31,33). The lowest BCUT2D eigenvalue weighted by Gasteiger charge is -2.13. The van der Waals surface area contributed by atoms with Crippen LogP contribution in [0.15, 0.2) is 96.4 Å².